The lowest BCUT2D eigenvalue weighted by Crippen LogP contribution is -2.28. The molecule has 2 rings (SSSR count). The molecule has 2 heteroatoms. The second-order valence-electron chi connectivity index (χ2n) is 4.43. The Morgan fingerprint density at radius 3 is 2.60 bits per heavy atom. The molecule has 0 spiro atoms. The van der Waals surface area contributed by atoms with Crippen molar-refractivity contribution in [1.82, 2.24) is 5.32 Å². The van der Waals surface area contributed by atoms with E-state index in [2.05, 4.69) is 37.4 Å². The lowest BCUT2D eigenvalue weighted by molar-refractivity contribution is 0.277. The van der Waals surface area contributed by atoms with Crippen LogP contribution < -0.4 is 10.1 Å². The van der Waals surface area contributed by atoms with E-state index in [1.165, 1.54) is 24.0 Å². The Morgan fingerprint density at radius 2 is 2.00 bits per heavy atom. The first-order chi connectivity index (χ1) is 7.24. The SMILES string of the molecule is Cc1cc(C)cc(OC[C@H]2CCCN2)c1. The molecule has 0 unspecified atom stereocenters. The summed E-state index contributed by atoms with van der Waals surface area (Å²) >= 11 is 0. The molecule has 1 aliphatic rings. The molecule has 2 nitrogen and oxygen atoms in total. The average molecular weight is 205 g/mol. The van der Waals surface area contributed by atoms with E-state index in [0.29, 0.717) is 6.04 Å². The van der Waals surface area contributed by atoms with Crippen LogP contribution in [0.4, 0.5) is 0 Å². The second-order valence-corrected chi connectivity index (χ2v) is 4.43. The molecular weight excluding hydrogens is 186 g/mol. The highest BCUT2D eigenvalue weighted by Crippen LogP contribution is 2.17. The summed E-state index contributed by atoms with van der Waals surface area (Å²) in [6.45, 7) is 6.14. The van der Waals surface area contributed by atoms with Gasteiger partial charge in [0.1, 0.15) is 12.4 Å². The summed E-state index contributed by atoms with van der Waals surface area (Å²) in [4.78, 5) is 0. The number of aryl methyl sites for hydroxylation is 2. The number of hydrogen-bond donors (Lipinski definition) is 1. The van der Waals surface area contributed by atoms with Crippen LogP contribution in [0.2, 0.25) is 0 Å². The van der Waals surface area contributed by atoms with Crippen molar-refractivity contribution in [3.63, 3.8) is 0 Å². The Bertz CT molecular complexity index is 309. The van der Waals surface area contributed by atoms with Crippen molar-refractivity contribution in [2.45, 2.75) is 32.7 Å². The summed E-state index contributed by atoms with van der Waals surface area (Å²) < 4.78 is 5.79. The molecule has 0 aromatic heterocycles. The van der Waals surface area contributed by atoms with Crippen LogP contribution in [-0.4, -0.2) is 19.2 Å². The summed E-state index contributed by atoms with van der Waals surface area (Å²) in [7, 11) is 0. The van der Waals surface area contributed by atoms with E-state index in [0.717, 1.165) is 18.9 Å². The maximum Gasteiger partial charge on any atom is 0.119 e. The van der Waals surface area contributed by atoms with Crippen LogP contribution >= 0.6 is 0 Å². The van der Waals surface area contributed by atoms with E-state index < -0.39 is 0 Å². The van der Waals surface area contributed by atoms with Crippen LogP contribution in [0.3, 0.4) is 0 Å². The second kappa shape index (κ2) is 4.67. The molecule has 0 bridgehead atoms. The molecule has 0 aliphatic carbocycles. The third kappa shape index (κ3) is 2.96. The van der Waals surface area contributed by atoms with Crippen molar-refractivity contribution in [3.8, 4) is 5.75 Å². The van der Waals surface area contributed by atoms with Crippen molar-refractivity contribution in [2.75, 3.05) is 13.2 Å². The van der Waals surface area contributed by atoms with Gasteiger partial charge >= 0.3 is 0 Å². The van der Waals surface area contributed by atoms with Crippen molar-refractivity contribution in [2.24, 2.45) is 0 Å². The quantitative estimate of drug-likeness (QED) is 0.818. The van der Waals surface area contributed by atoms with Crippen LogP contribution in [-0.2, 0) is 0 Å². The first-order valence-corrected chi connectivity index (χ1v) is 5.68. The number of benzene rings is 1. The van der Waals surface area contributed by atoms with Gasteiger partial charge in [-0.2, -0.15) is 0 Å². The largest absolute Gasteiger partial charge is 0.492 e. The lowest BCUT2D eigenvalue weighted by Gasteiger charge is -2.13. The topological polar surface area (TPSA) is 21.3 Å². The normalized spacial score (nSPS) is 20.5. The van der Waals surface area contributed by atoms with Gasteiger partial charge in [-0.05, 0) is 56.5 Å². The van der Waals surface area contributed by atoms with E-state index in [-0.39, 0.29) is 0 Å². The van der Waals surface area contributed by atoms with Gasteiger partial charge in [-0.15, -0.1) is 0 Å². The smallest absolute Gasteiger partial charge is 0.119 e. The molecule has 0 saturated carbocycles. The maximum atomic E-state index is 5.79. The molecule has 1 saturated heterocycles. The highest BCUT2D eigenvalue weighted by atomic mass is 16.5. The number of rotatable bonds is 3. The molecule has 1 atom stereocenters. The first kappa shape index (κ1) is 10.5. The van der Waals surface area contributed by atoms with E-state index in [9.17, 15) is 0 Å². The molecule has 15 heavy (non-hydrogen) atoms. The Balaban J connectivity index is 1.92. The number of hydrogen-bond acceptors (Lipinski definition) is 2. The molecule has 1 aromatic carbocycles. The minimum Gasteiger partial charge on any atom is -0.492 e. The fraction of sp³-hybridized carbons (Fsp3) is 0.538. The van der Waals surface area contributed by atoms with Gasteiger partial charge in [0.2, 0.25) is 0 Å². The van der Waals surface area contributed by atoms with Gasteiger partial charge in [0.05, 0.1) is 0 Å². The van der Waals surface area contributed by atoms with Crippen LogP contribution in [0.1, 0.15) is 24.0 Å². The zero-order chi connectivity index (χ0) is 10.7. The highest BCUT2D eigenvalue weighted by molar-refractivity contribution is 5.33. The monoisotopic (exact) mass is 205 g/mol. The lowest BCUT2D eigenvalue weighted by atomic mass is 10.1. The van der Waals surface area contributed by atoms with Gasteiger partial charge in [0, 0.05) is 6.04 Å². The molecular formula is C13H19NO. The highest BCUT2D eigenvalue weighted by Gasteiger charge is 2.14. The number of ether oxygens (including phenoxy) is 1. The fourth-order valence-corrected chi connectivity index (χ4v) is 2.11. The summed E-state index contributed by atoms with van der Waals surface area (Å²) in [6.07, 6.45) is 2.52. The Kier molecular flexibility index (Phi) is 3.27. The molecule has 1 fully saturated rings. The minimum atomic E-state index is 0.547. The predicted molar refractivity (Wildman–Crippen MR) is 62.4 cm³/mol. The van der Waals surface area contributed by atoms with Crippen molar-refractivity contribution >= 4 is 0 Å². The molecule has 0 radical (unpaired) electrons. The molecule has 0 amide bonds. The minimum absolute atomic E-state index is 0.547. The maximum absolute atomic E-state index is 5.79. The molecule has 82 valence electrons. The van der Waals surface area contributed by atoms with Crippen molar-refractivity contribution in [1.29, 1.82) is 0 Å². The van der Waals surface area contributed by atoms with Gasteiger partial charge < -0.3 is 10.1 Å². The summed E-state index contributed by atoms with van der Waals surface area (Å²) in [5.41, 5.74) is 2.54. The average Bonchev–Trinajstić information content (AvgIpc) is 2.65. The number of nitrogens with one attached hydrogen (secondary N) is 1. The van der Waals surface area contributed by atoms with E-state index >= 15 is 0 Å². The standard InChI is InChI=1S/C13H19NO/c1-10-6-11(2)8-13(7-10)15-9-12-4-3-5-14-12/h6-8,12,14H,3-5,9H2,1-2H3/t12-/m1/s1. The predicted octanol–water partition coefficient (Wildman–Crippen LogP) is 2.43. The van der Waals surface area contributed by atoms with Crippen molar-refractivity contribution in [3.05, 3.63) is 29.3 Å². The summed E-state index contributed by atoms with van der Waals surface area (Å²) in [5, 5.41) is 3.43. The third-order valence-corrected chi connectivity index (χ3v) is 2.81. The molecule has 1 heterocycles. The zero-order valence-electron chi connectivity index (χ0n) is 9.55. The van der Waals surface area contributed by atoms with Gasteiger partial charge in [-0.25, -0.2) is 0 Å². The van der Waals surface area contributed by atoms with E-state index in [1.54, 1.807) is 0 Å². The van der Waals surface area contributed by atoms with Gasteiger partial charge in [0.15, 0.2) is 0 Å². The van der Waals surface area contributed by atoms with Crippen molar-refractivity contribution < 1.29 is 4.74 Å². The molecule has 1 N–H and O–H groups in total. The van der Waals surface area contributed by atoms with Crippen LogP contribution in [0.25, 0.3) is 0 Å². The van der Waals surface area contributed by atoms with Gasteiger partial charge in [-0.3, -0.25) is 0 Å². The molecule has 1 aliphatic heterocycles. The Morgan fingerprint density at radius 1 is 1.27 bits per heavy atom. The van der Waals surface area contributed by atoms with E-state index in [4.69, 9.17) is 4.74 Å². The van der Waals surface area contributed by atoms with Gasteiger partial charge in [0.25, 0.3) is 0 Å². The van der Waals surface area contributed by atoms with Gasteiger partial charge in [-0.1, -0.05) is 6.07 Å². The summed E-state index contributed by atoms with van der Waals surface area (Å²) in [6, 6.07) is 6.91. The zero-order valence-corrected chi connectivity index (χ0v) is 9.55. The first-order valence-electron chi connectivity index (χ1n) is 5.68. The third-order valence-electron chi connectivity index (χ3n) is 2.81. The van der Waals surface area contributed by atoms with E-state index in [1.807, 2.05) is 0 Å². The van der Waals surface area contributed by atoms with Crippen LogP contribution in [0.5, 0.6) is 5.75 Å². The Hall–Kier alpha value is -1.02. The molecule has 1 aromatic rings. The van der Waals surface area contributed by atoms with Crippen LogP contribution in [0, 0.1) is 13.8 Å². The summed E-state index contributed by atoms with van der Waals surface area (Å²) in [5.74, 6) is 1.00. The fourth-order valence-electron chi connectivity index (χ4n) is 2.11. The van der Waals surface area contributed by atoms with Crippen LogP contribution in [0.15, 0.2) is 18.2 Å². The Labute approximate surface area is 91.6 Å².